The van der Waals surface area contributed by atoms with E-state index in [0.717, 1.165) is 25.7 Å². The summed E-state index contributed by atoms with van der Waals surface area (Å²) in [6.07, 6.45) is 4.40. The van der Waals surface area contributed by atoms with E-state index in [-0.39, 0.29) is 5.69 Å². The average molecular weight is 284 g/mol. The first-order valence-corrected chi connectivity index (χ1v) is 7.56. The summed E-state index contributed by atoms with van der Waals surface area (Å²) >= 11 is 0. The largest absolute Gasteiger partial charge is 0.367 e. The highest BCUT2D eigenvalue weighted by atomic mass is 19.1. The fourth-order valence-electron chi connectivity index (χ4n) is 2.26. The third kappa shape index (κ3) is 4.75. The molecular weight excluding hydrogens is 258 g/mol. The Morgan fingerprint density at radius 1 is 1.00 bits per heavy atom. The van der Waals surface area contributed by atoms with Crippen molar-refractivity contribution in [1.82, 2.24) is 0 Å². The van der Waals surface area contributed by atoms with Crippen molar-refractivity contribution in [3.8, 4) is 0 Å². The van der Waals surface area contributed by atoms with Gasteiger partial charge in [0.1, 0.15) is 17.3 Å². The first kappa shape index (κ1) is 16.9. The van der Waals surface area contributed by atoms with Gasteiger partial charge in [-0.3, -0.25) is 0 Å². The zero-order chi connectivity index (χ0) is 15.0. The maximum atomic E-state index is 14.2. The van der Waals surface area contributed by atoms with E-state index in [1.807, 2.05) is 4.90 Å². The summed E-state index contributed by atoms with van der Waals surface area (Å²) in [5, 5.41) is 0. The Labute approximate surface area is 121 Å². The smallest absolute Gasteiger partial charge is 0.149 e. The van der Waals surface area contributed by atoms with Gasteiger partial charge in [-0.05, 0) is 43.5 Å². The number of anilines is 1. The molecule has 1 aromatic rings. The molecule has 0 aliphatic heterocycles. The number of nitrogens with zero attached hydrogens (tertiary/aromatic N) is 1. The second-order valence-corrected chi connectivity index (χ2v) is 5.14. The summed E-state index contributed by atoms with van der Waals surface area (Å²) in [6, 6.07) is 2.83. The van der Waals surface area contributed by atoms with Gasteiger partial charge in [-0.25, -0.2) is 8.78 Å². The lowest BCUT2D eigenvalue weighted by molar-refractivity contribution is 0.558. The number of halogens is 2. The molecule has 0 amide bonds. The Bertz CT molecular complexity index is 376. The molecule has 0 radical (unpaired) electrons. The lowest BCUT2D eigenvalue weighted by Crippen LogP contribution is -2.27. The summed E-state index contributed by atoms with van der Waals surface area (Å²) in [5.41, 5.74) is 6.18. The van der Waals surface area contributed by atoms with Crippen molar-refractivity contribution in [2.24, 2.45) is 5.73 Å². The van der Waals surface area contributed by atoms with Gasteiger partial charge in [0.2, 0.25) is 0 Å². The number of benzene rings is 1. The number of unbranched alkanes of at least 4 members (excludes halogenated alkanes) is 2. The minimum Gasteiger partial charge on any atom is -0.367 e. The van der Waals surface area contributed by atoms with Crippen molar-refractivity contribution in [3.05, 3.63) is 29.3 Å². The Hall–Kier alpha value is -1.16. The van der Waals surface area contributed by atoms with E-state index in [1.165, 1.54) is 12.1 Å². The Kier molecular flexibility index (Phi) is 7.52. The predicted molar refractivity (Wildman–Crippen MR) is 81.1 cm³/mol. The van der Waals surface area contributed by atoms with Crippen LogP contribution >= 0.6 is 0 Å². The number of hydrogen-bond acceptors (Lipinski definition) is 2. The van der Waals surface area contributed by atoms with Crippen LogP contribution in [-0.2, 0) is 6.42 Å². The van der Waals surface area contributed by atoms with Crippen LogP contribution in [0, 0.1) is 11.6 Å². The van der Waals surface area contributed by atoms with Gasteiger partial charge in [-0.2, -0.15) is 0 Å². The molecule has 0 fully saturated rings. The van der Waals surface area contributed by atoms with E-state index in [9.17, 15) is 8.78 Å². The van der Waals surface area contributed by atoms with Crippen molar-refractivity contribution >= 4 is 5.69 Å². The molecule has 0 aliphatic rings. The molecule has 2 N–H and O–H groups in total. The predicted octanol–water partition coefficient (Wildman–Crippen LogP) is 3.87. The third-order valence-electron chi connectivity index (χ3n) is 3.39. The molecule has 0 heterocycles. The Balaban J connectivity index is 2.98. The minimum atomic E-state index is -0.472. The number of rotatable bonds is 9. The Morgan fingerprint density at radius 2 is 1.50 bits per heavy atom. The normalized spacial score (nSPS) is 10.8. The second-order valence-electron chi connectivity index (χ2n) is 5.14. The van der Waals surface area contributed by atoms with Crippen LogP contribution in [0.3, 0.4) is 0 Å². The average Bonchev–Trinajstić information content (AvgIpc) is 2.40. The van der Waals surface area contributed by atoms with Crippen LogP contribution in [0.4, 0.5) is 14.5 Å². The van der Waals surface area contributed by atoms with Crippen LogP contribution in [0.2, 0.25) is 0 Å². The van der Waals surface area contributed by atoms with Gasteiger partial charge in [0.05, 0.1) is 0 Å². The first-order valence-electron chi connectivity index (χ1n) is 7.56. The second kappa shape index (κ2) is 8.90. The zero-order valence-corrected chi connectivity index (χ0v) is 12.6. The molecular formula is C16H26F2N2. The minimum absolute atomic E-state index is 0.118. The number of hydrogen-bond donors (Lipinski definition) is 1. The van der Waals surface area contributed by atoms with Crippen LogP contribution < -0.4 is 10.6 Å². The van der Waals surface area contributed by atoms with Crippen molar-refractivity contribution in [3.63, 3.8) is 0 Å². The van der Waals surface area contributed by atoms with E-state index < -0.39 is 11.6 Å². The molecule has 0 aliphatic carbocycles. The summed E-state index contributed by atoms with van der Waals surface area (Å²) in [5.74, 6) is -0.943. The van der Waals surface area contributed by atoms with Gasteiger partial charge in [-0.15, -0.1) is 0 Å². The summed E-state index contributed by atoms with van der Waals surface area (Å²) in [6.45, 7) is 5.94. The molecule has 0 spiro atoms. The van der Waals surface area contributed by atoms with E-state index in [1.54, 1.807) is 0 Å². The van der Waals surface area contributed by atoms with Crippen LogP contribution in [0.15, 0.2) is 12.1 Å². The molecule has 4 heteroatoms. The van der Waals surface area contributed by atoms with Crippen molar-refractivity contribution in [1.29, 1.82) is 0 Å². The molecule has 1 aromatic carbocycles. The van der Waals surface area contributed by atoms with Gasteiger partial charge in [0, 0.05) is 13.1 Å². The third-order valence-corrected chi connectivity index (χ3v) is 3.39. The van der Waals surface area contributed by atoms with Gasteiger partial charge < -0.3 is 10.6 Å². The van der Waals surface area contributed by atoms with Gasteiger partial charge in [-0.1, -0.05) is 26.7 Å². The lowest BCUT2D eigenvalue weighted by Gasteiger charge is -2.26. The molecule has 0 bridgehead atoms. The monoisotopic (exact) mass is 284 g/mol. The van der Waals surface area contributed by atoms with Crippen molar-refractivity contribution < 1.29 is 8.78 Å². The maximum absolute atomic E-state index is 14.2. The van der Waals surface area contributed by atoms with E-state index >= 15 is 0 Å². The zero-order valence-electron chi connectivity index (χ0n) is 12.6. The van der Waals surface area contributed by atoms with Crippen LogP contribution in [0.25, 0.3) is 0 Å². The van der Waals surface area contributed by atoms with E-state index in [0.29, 0.717) is 31.6 Å². The molecule has 0 aromatic heterocycles. The first-order chi connectivity index (χ1) is 9.63. The highest BCUT2D eigenvalue weighted by Gasteiger charge is 2.17. The fourth-order valence-corrected chi connectivity index (χ4v) is 2.26. The van der Waals surface area contributed by atoms with Crippen LogP contribution in [0.1, 0.15) is 45.1 Å². The summed E-state index contributed by atoms with van der Waals surface area (Å²) < 4.78 is 28.4. The van der Waals surface area contributed by atoms with E-state index in [2.05, 4.69) is 13.8 Å². The van der Waals surface area contributed by atoms with Crippen LogP contribution in [0.5, 0.6) is 0 Å². The maximum Gasteiger partial charge on any atom is 0.149 e. The highest BCUT2D eigenvalue weighted by Crippen LogP contribution is 2.26. The molecule has 114 valence electrons. The SMILES string of the molecule is CCCCN(CCCC)c1c(F)cc(CCN)cc1F. The standard InChI is InChI=1S/C16H26F2N2/c1-3-5-9-20(10-6-4-2)16-14(17)11-13(7-8-19)12-15(16)18/h11-12H,3-10,19H2,1-2H3. The quantitative estimate of drug-likeness (QED) is 0.746. The lowest BCUT2D eigenvalue weighted by atomic mass is 10.1. The molecule has 2 nitrogen and oxygen atoms in total. The summed E-state index contributed by atoms with van der Waals surface area (Å²) in [7, 11) is 0. The van der Waals surface area contributed by atoms with Crippen molar-refractivity contribution in [2.75, 3.05) is 24.5 Å². The molecule has 0 unspecified atom stereocenters. The van der Waals surface area contributed by atoms with Gasteiger partial charge >= 0.3 is 0 Å². The van der Waals surface area contributed by atoms with Crippen LogP contribution in [-0.4, -0.2) is 19.6 Å². The Morgan fingerprint density at radius 3 is 1.90 bits per heavy atom. The molecule has 1 rings (SSSR count). The van der Waals surface area contributed by atoms with Crippen molar-refractivity contribution in [2.45, 2.75) is 46.0 Å². The number of nitrogens with two attached hydrogens (primary N) is 1. The van der Waals surface area contributed by atoms with Gasteiger partial charge in [0.15, 0.2) is 0 Å². The molecule has 0 saturated heterocycles. The molecule has 0 atom stereocenters. The molecule has 0 saturated carbocycles. The molecule has 20 heavy (non-hydrogen) atoms. The van der Waals surface area contributed by atoms with Gasteiger partial charge in [0.25, 0.3) is 0 Å². The summed E-state index contributed by atoms with van der Waals surface area (Å²) in [4.78, 5) is 1.84. The highest BCUT2D eigenvalue weighted by molar-refractivity contribution is 5.50. The van der Waals surface area contributed by atoms with E-state index in [4.69, 9.17) is 5.73 Å². The fraction of sp³-hybridized carbons (Fsp3) is 0.625. The topological polar surface area (TPSA) is 29.3 Å².